The Morgan fingerprint density at radius 3 is 2.49 bits per heavy atom. The zero-order chi connectivity index (χ0) is 39.7. The average molecular weight is 769 g/mol. The van der Waals surface area contributed by atoms with Gasteiger partial charge in [0, 0.05) is 56.7 Å². The van der Waals surface area contributed by atoms with Gasteiger partial charge in [-0.05, 0) is 139 Å². The monoisotopic (exact) mass is 768 g/mol. The van der Waals surface area contributed by atoms with Gasteiger partial charge in [-0.2, -0.15) is 0 Å². The molecule has 1 aromatic heterocycles. The van der Waals surface area contributed by atoms with Crippen LogP contribution in [0.15, 0.2) is 163 Å². The fourth-order valence-corrected chi connectivity index (χ4v) is 11.5. The Balaban J connectivity index is 1.04. The van der Waals surface area contributed by atoms with Gasteiger partial charge >= 0.3 is 0 Å². The van der Waals surface area contributed by atoms with Crippen LogP contribution >= 0.6 is 0 Å². The Hall–Kier alpha value is -5.60. The van der Waals surface area contributed by atoms with Gasteiger partial charge in [0.15, 0.2) is 0 Å². The van der Waals surface area contributed by atoms with Gasteiger partial charge in [0.2, 0.25) is 0 Å². The van der Waals surface area contributed by atoms with Crippen molar-refractivity contribution in [2.75, 3.05) is 4.90 Å². The largest absolute Gasteiger partial charge is 0.318 e. The second kappa shape index (κ2) is 14.6. The van der Waals surface area contributed by atoms with Crippen LogP contribution in [0.4, 0.5) is 5.69 Å². The minimum absolute atomic E-state index is 0.0617. The van der Waals surface area contributed by atoms with Crippen molar-refractivity contribution >= 4 is 33.9 Å². The zero-order valence-corrected chi connectivity index (χ0v) is 35.0. The lowest BCUT2D eigenvalue weighted by Gasteiger charge is -2.41. The van der Waals surface area contributed by atoms with Gasteiger partial charge in [-0.1, -0.05) is 142 Å². The smallest absolute Gasteiger partial charge is 0.0538 e. The summed E-state index contributed by atoms with van der Waals surface area (Å²) in [6, 6.07) is 23.7. The van der Waals surface area contributed by atoms with Crippen molar-refractivity contribution in [1.29, 1.82) is 0 Å². The normalized spacial score (nSPS) is 24.9. The molecule has 0 fully saturated rings. The molecule has 4 aromatic rings. The van der Waals surface area contributed by atoms with Crippen molar-refractivity contribution in [2.24, 2.45) is 23.7 Å². The SMILES string of the molecule is CC1CC=CC(n2c3c(c4cc(C5=CC=C(N(C6=CCCC(C7=CC=CCC7)C6)c6ccc7c(c6)C(C)(C)c6ccccc6-7)C6C=CC=CC56)ccc42)C=CCC3)=CC1. The lowest BCUT2D eigenvalue weighted by Crippen LogP contribution is -2.33. The molecule has 2 nitrogen and oxygen atoms in total. The van der Waals surface area contributed by atoms with Crippen molar-refractivity contribution in [3.05, 3.63) is 191 Å². The van der Waals surface area contributed by atoms with Crippen LogP contribution in [-0.4, -0.2) is 4.57 Å². The van der Waals surface area contributed by atoms with E-state index in [1.165, 1.54) is 91.2 Å². The number of nitrogens with zero attached hydrogens (tertiary/aromatic N) is 2. The molecule has 7 aliphatic rings. The third-order valence-electron chi connectivity index (χ3n) is 14.6. The quantitative estimate of drug-likeness (QED) is 0.190. The minimum atomic E-state index is -0.0617. The van der Waals surface area contributed by atoms with E-state index < -0.39 is 0 Å². The molecule has 1 heterocycles. The lowest BCUT2D eigenvalue weighted by atomic mass is 9.74. The minimum Gasteiger partial charge on any atom is -0.318 e. The topological polar surface area (TPSA) is 8.17 Å². The van der Waals surface area contributed by atoms with E-state index in [-0.39, 0.29) is 17.3 Å². The molecule has 0 saturated carbocycles. The van der Waals surface area contributed by atoms with Crippen LogP contribution < -0.4 is 4.90 Å². The summed E-state index contributed by atoms with van der Waals surface area (Å²) in [5, 5.41) is 1.37. The van der Waals surface area contributed by atoms with Crippen LogP contribution in [0.1, 0.15) is 100 Å². The van der Waals surface area contributed by atoms with Crippen molar-refractivity contribution in [1.82, 2.24) is 4.57 Å². The predicted molar refractivity (Wildman–Crippen MR) is 251 cm³/mol. The highest BCUT2D eigenvalue weighted by atomic mass is 15.2. The van der Waals surface area contributed by atoms with E-state index >= 15 is 0 Å². The van der Waals surface area contributed by atoms with E-state index in [0.29, 0.717) is 11.8 Å². The van der Waals surface area contributed by atoms with E-state index in [1.807, 2.05) is 0 Å². The molecule has 0 spiro atoms. The molecule has 0 aliphatic heterocycles. The molecule has 294 valence electrons. The summed E-state index contributed by atoms with van der Waals surface area (Å²) >= 11 is 0. The van der Waals surface area contributed by atoms with E-state index in [4.69, 9.17) is 0 Å². The molecule has 7 aliphatic carbocycles. The van der Waals surface area contributed by atoms with Gasteiger partial charge < -0.3 is 9.47 Å². The number of hydrogen-bond donors (Lipinski definition) is 0. The molecule has 3 aromatic carbocycles. The van der Waals surface area contributed by atoms with Gasteiger partial charge in [0.25, 0.3) is 0 Å². The molecule has 0 radical (unpaired) electrons. The number of fused-ring (bicyclic) bond motifs is 7. The van der Waals surface area contributed by atoms with Gasteiger partial charge in [0.1, 0.15) is 0 Å². The second-order valence-corrected chi connectivity index (χ2v) is 18.6. The molecule has 2 heteroatoms. The molecule has 4 unspecified atom stereocenters. The third kappa shape index (κ3) is 6.13. The Morgan fingerprint density at radius 1 is 0.729 bits per heavy atom. The summed E-state index contributed by atoms with van der Waals surface area (Å²) in [5.74, 6) is 1.72. The zero-order valence-electron chi connectivity index (χ0n) is 35.0. The molecule has 0 amide bonds. The first kappa shape index (κ1) is 36.5. The van der Waals surface area contributed by atoms with Crippen molar-refractivity contribution in [2.45, 2.75) is 84.0 Å². The van der Waals surface area contributed by atoms with Gasteiger partial charge in [-0.15, -0.1) is 0 Å². The van der Waals surface area contributed by atoms with Gasteiger partial charge in [-0.3, -0.25) is 0 Å². The average Bonchev–Trinajstić information content (AvgIpc) is 3.61. The Kier molecular flexibility index (Phi) is 9.02. The van der Waals surface area contributed by atoms with Crippen molar-refractivity contribution in [3.8, 4) is 11.1 Å². The van der Waals surface area contributed by atoms with Crippen molar-refractivity contribution < 1.29 is 0 Å². The van der Waals surface area contributed by atoms with Crippen LogP contribution in [0, 0.1) is 23.7 Å². The van der Waals surface area contributed by atoms with E-state index in [9.17, 15) is 0 Å². The maximum atomic E-state index is 2.69. The Morgan fingerprint density at radius 2 is 1.59 bits per heavy atom. The molecule has 0 bridgehead atoms. The number of rotatable bonds is 6. The van der Waals surface area contributed by atoms with Crippen molar-refractivity contribution in [3.63, 3.8) is 0 Å². The van der Waals surface area contributed by atoms with Gasteiger partial charge in [0.05, 0.1) is 5.52 Å². The highest BCUT2D eigenvalue weighted by molar-refractivity contribution is 5.97. The maximum Gasteiger partial charge on any atom is 0.0538 e. The Labute approximate surface area is 351 Å². The highest BCUT2D eigenvalue weighted by Crippen LogP contribution is 2.52. The van der Waals surface area contributed by atoms with Crippen LogP contribution in [0.3, 0.4) is 0 Å². The number of aromatic nitrogens is 1. The summed E-state index contributed by atoms with van der Waals surface area (Å²) in [5.41, 5.74) is 19.6. The van der Waals surface area contributed by atoms with Crippen LogP contribution in [0.2, 0.25) is 0 Å². The van der Waals surface area contributed by atoms with E-state index in [1.54, 1.807) is 5.57 Å². The number of allylic oxidation sites excluding steroid dienone is 18. The fourth-order valence-electron chi connectivity index (χ4n) is 11.5. The molecule has 4 atom stereocenters. The highest BCUT2D eigenvalue weighted by Gasteiger charge is 2.39. The molecular formula is C57H56N2. The molecule has 11 rings (SSSR count). The molecule has 0 saturated heterocycles. The summed E-state index contributed by atoms with van der Waals surface area (Å²) in [6.45, 7) is 7.18. The summed E-state index contributed by atoms with van der Waals surface area (Å²) < 4.78 is 2.57. The van der Waals surface area contributed by atoms with Crippen LogP contribution in [-0.2, 0) is 11.8 Å². The third-order valence-corrected chi connectivity index (χ3v) is 14.6. The number of anilines is 1. The lowest BCUT2D eigenvalue weighted by molar-refractivity contribution is 0.505. The first-order valence-corrected chi connectivity index (χ1v) is 22.5. The number of hydrogen-bond acceptors (Lipinski definition) is 1. The molecular weight excluding hydrogens is 713 g/mol. The fraction of sp³-hybridized carbons (Fsp3) is 0.298. The maximum absolute atomic E-state index is 2.69. The van der Waals surface area contributed by atoms with Gasteiger partial charge in [-0.25, -0.2) is 0 Å². The molecule has 0 N–H and O–H groups in total. The van der Waals surface area contributed by atoms with E-state index in [2.05, 4.69) is 182 Å². The summed E-state index contributed by atoms with van der Waals surface area (Å²) in [4.78, 5) is 2.69. The summed E-state index contributed by atoms with van der Waals surface area (Å²) in [6.07, 6.45) is 46.2. The first-order chi connectivity index (χ1) is 28.9. The van der Waals surface area contributed by atoms with Crippen LogP contribution in [0.5, 0.6) is 0 Å². The standard InChI is InChI=1S/C57H56N2/c1-38-15-13-19-42(29-27-38)59-54-26-12-10-24-50(54)51-36-41(28-33-56(51)59)45-32-34-55(49-23-8-7-21-46(45)49)58(43-20-14-18-40(35-43)39-16-5-4-6-17-39)44-30-31-48-47-22-9-11-25-52(47)57(2,3)53(48)37-44/h4-5,7-11,13,16,19-25,28-34,36-38,40,46,49H,6,12,14-15,17-18,26-27,35H2,1-3H3. The number of benzene rings is 3. The predicted octanol–water partition coefficient (Wildman–Crippen LogP) is 14.8. The molecule has 59 heavy (non-hydrogen) atoms. The second-order valence-electron chi connectivity index (χ2n) is 18.6. The van der Waals surface area contributed by atoms with Crippen LogP contribution in [0.25, 0.3) is 39.4 Å². The summed E-state index contributed by atoms with van der Waals surface area (Å²) in [7, 11) is 0. The van der Waals surface area contributed by atoms with E-state index in [0.717, 1.165) is 44.9 Å². The first-order valence-electron chi connectivity index (χ1n) is 22.5. The Bertz CT molecular complexity index is 2700.